The van der Waals surface area contributed by atoms with E-state index in [-0.39, 0.29) is 18.6 Å². The number of halogens is 1. The quantitative estimate of drug-likeness (QED) is 0.814. The molecule has 0 spiro atoms. The van der Waals surface area contributed by atoms with Gasteiger partial charge in [-0.25, -0.2) is 0 Å². The van der Waals surface area contributed by atoms with Gasteiger partial charge in [0.25, 0.3) is 5.91 Å². The Morgan fingerprint density at radius 1 is 1.55 bits per heavy atom. The SMILES string of the molecule is O=Cc1cc(Cl)ccc1OCC(=O)NC[C@@H]1CCCO1. The largest absolute Gasteiger partial charge is 0.483 e. The third-order valence-electron chi connectivity index (χ3n) is 3.01. The highest BCUT2D eigenvalue weighted by molar-refractivity contribution is 6.30. The third-order valence-corrected chi connectivity index (χ3v) is 3.24. The molecular weight excluding hydrogens is 282 g/mol. The van der Waals surface area contributed by atoms with Crippen molar-refractivity contribution in [2.75, 3.05) is 19.8 Å². The van der Waals surface area contributed by atoms with Gasteiger partial charge in [0.2, 0.25) is 0 Å². The molecule has 6 heteroatoms. The minimum absolute atomic E-state index is 0.0972. The van der Waals surface area contributed by atoms with E-state index in [1.54, 1.807) is 12.1 Å². The molecule has 1 N–H and O–H groups in total. The third kappa shape index (κ3) is 4.21. The molecule has 1 heterocycles. The highest BCUT2D eigenvalue weighted by Gasteiger charge is 2.16. The first-order chi connectivity index (χ1) is 9.69. The lowest BCUT2D eigenvalue weighted by Gasteiger charge is -2.12. The first kappa shape index (κ1) is 14.8. The van der Waals surface area contributed by atoms with Crippen LogP contribution in [-0.2, 0) is 9.53 Å². The van der Waals surface area contributed by atoms with Gasteiger partial charge < -0.3 is 14.8 Å². The predicted octanol–water partition coefficient (Wildman–Crippen LogP) is 1.83. The predicted molar refractivity (Wildman–Crippen MR) is 74.3 cm³/mol. The molecule has 1 saturated heterocycles. The first-order valence-electron chi connectivity index (χ1n) is 6.45. The molecule has 2 rings (SSSR count). The number of amides is 1. The summed E-state index contributed by atoms with van der Waals surface area (Å²) in [6, 6.07) is 4.67. The van der Waals surface area contributed by atoms with Gasteiger partial charge in [-0.15, -0.1) is 0 Å². The van der Waals surface area contributed by atoms with Crippen molar-refractivity contribution in [2.24, 2.45) is 0 Å². The van der Waals surface area contributed by atoms with Crippen LogP contribution >= 0.6 is 11.6 Å². The van der Waals surface area contributed by atoms with E-state index in [1.807, 2.05) is 0 Å². The molecule has 0 bridgehead atoms. The number of hydrogen-bond acceptors (Lipinski definition) is 4. The van der Waals surface area contributed by atoms with Crippen LogP contribution in [0.3, 0.4) is 0 Å². The molecule has 0 radical (unpaired) electrons. The van der Waals surface area contributed by atoms with Gasteiger partial charge in [0.15, 0.2) is 12.9 Å². The van der Waals surface area contributed by atoms with E-state index >= 15 is 0 Å². The normalized spacial score (nSPS) is 17.8. The topological polar surface area (TPSA) is 64.6 Å². The molecule has 1 fully saturated rings. The van der Waals surface area contributed by atoms with E-state index in [0.29, 0.717) is 29.2 Å². The molecule has 1 amide bonds. The molecule has 0 aliphatic carbocycles. The molecule has 20 heavy (non-hydrogen) atoms. The zero-order valence-corrected chi connectivity index (χ0v) is 11.7. The fourth-order valence-corrected chi connectivity index (χ4v) is 2.15. The summed E-state index contributed by atoms with van der Waals surface area (Å²) in [5, 5.41) is 3.19. The fourth-order valence-electron chi connectivity index (χ4n) is 1.97. The van der Waals surface area contributed by atoms with Crippen molar-refractivity contribution in [3.05, 3.63) is 28.8 Å². The number of benzene rings is 1. The summed E-state index contributed by atoms with van der Waals surface area (Å²) in [5.74, 6) is 0.101. The highest BCUT2D eigenvalue weighted by Crippen LogP contribution is 2.21. The van der Waals surface area contributed by atoms with Crippen LogP contribution in [0.25, 0.3) is 0 Å². The molecule has 0 unspecified atom stereocenters. The average Bonchev–Trinajstić information content (AvgIpc) is 2.97. The standard InChI is InChI=1S/C14H16ClNO4/c15-11-3-4-13(10(6-11)8-17)20-9-14(18)16-7-12-2-1-5-19-12/h3-4,6,8,12H,1-2,5,7,9H2,(H,16,18)/t12-/m0/s1. The zero-order chi connectivity index (χ0) is 14.4. The monoisotopic (exact) mass is 297 g/mol. The Morgan fingerprint density at radius 3 is 3.10 bits per heavy atom. The van der Waals surface area contributed by atoms with Crippen LogP contribution in [0.2, 0.25) is 5.02 Å². The smallest absolute Gasteiger partial charge is 0.258 e. The number of aldehydes is 1. The zero-order valence-electron chi connectivity index (χ0n) is 10.9. The van der Waals surface area contributed by atoms with Crippen LogP contribution < -0.4 is 10.1 Å². The van der Waals surface area contributed by atoms with E-state index in [2.05, 4.69) is 5.32 Å². The van der Waals surface area contributed by atoms with Crippen molar-refractivity contribution in [1.82, 2.24) is 5.32 Å². The minimum Gasteiger partial charge on any atom is -0.483 e. The van der Waals surface area contributed by atoms with Gasteiger partial charge in [0.1, 0.15) is 5.75 Å². The van der Waals surface area contributed by atoms with Crippen LogP contribution in [0.4, 0.5) is 0 Å². The van der Waals surface area contributed by atoms with Crippen LogP contribution in [-0.4, -0.2) is 38.1 Å². The number of ether oxygens (including phenoxy) is 2. The Morgan fingerprint density at radius 2 is 2.40 bits per heavy atom. The van der Waals surface area contributed by atoms with E-state index in [0.717, 1.165) is 19.4 Å². The summed E-state index contributed by atoms with van der Waals surface area (Å²) in [7, 11) is 0. The van der Waals surface area contributed by atoms with E-state index in [9.17, 15) is 9.59 Å². The summed E-state index contributed by atoms with van der Waals surface area (Å²) in [4.78, 5) is 22.5. The number of rotatable bonds is 6. The Hall–Kier alpha value is -1.59. The van der Waals surface area contributed by atoms with Crippen molar-refractivity contribution >= 4 is 23.8 Å². The van der Waals surface area contributed by atoms with Gasteiger partial charge in [0, 0.05) is 18.2 Å². The van der Waals surface area contributed by atoms with Crippen molar-refractivity contribution in [3.63, 3.8) is 0 Å². The number of carbonyl (C=O) groups is 2. The van der Waals surface area contributed by atoms with E-state index in [1.165, 1.54) is 6.07 Å². The molecule has 0 aromatic heterocycles. The summed E-state index contributed by atoms with van der Waals surface area (Å²) in [6.45, 7) is 1.10. The first-order valence-corrected chi connectivity index (χ1v) is 6.82. The van der Waals surface area contributed by atoms with Crippen molar-refractivity contribution in [1.29, 1.82) is 0 Å². The Kier molecular flexibility index (Phi) is 5.38. The molecule has 1 atom stereocenters. The van der Waals surface area contributed by atoms with E-state index in [4.69, 9.17) is 21.1 Å². The van der Waals surface area contributed by atoms with Crippen molar-refractivity contribution in [2.45, 2.75) is 18.9 Å². The summed E-state index contributed by atoms with van der Waals surface area (Å²) in [6.07, 6.45) is 2.74. The van der Waals surface area contributed by atoms with E-state index < -0.39 is 0 Å². The number of hydrogen-bond donors (Lipinski definition) is 1. The van der Waals surface area contributed by atoms with Gasteiger partial charge in [0.05, 0.1) is 11.7 Å². The highest BCUT2D eigenvalue weighted by atomic mass is 35.5. The van der Waals surface area contributed by atoms with Crippen LogP contribution in [0.1, 0.15) is 23.2 Å². The van der Waals surface area contributed by atoms with Gasteiger partial charge in [-0.3, -0.25) is 9.59 Å². The summed E-state index contributed by atoms with van der Waals surface area (Å²) >= 11 is 5.77. The molecule has 108 valence electrons. The molecule has 0 saturated carbocycles. The van der Waals surface area contributed by atoms with Crippen LogP contribution in [0.5, 0.6) is 5.75 Å². The summed E-state index contributed by atoms with van der Waals surface area (Å²) < 4.78 is 10.7. The average molecular weight is 298 g/mol. The molecule has 1 aromatic rings. The van der Waals surface area contributed by atoms with Gasteiger partial charge >= 0.3 is 0 Å². The number of carbonyl (C=O) groups excluding carboxylic acids is 2. The molecule has 1 aliphatic rings. The van der Waals surface area contributed by atoms with Gasteiger partial charge in [-0.05, 0) is 31.0 Å². The maximum Gasteiger partial charge on any atom is 0.258 e. The lowest BCUT2D eigenvalue weighted by molar-refractivity contribution is -0.123. The second-order valence-corrected chi connectivity index (χ2v) is 4.96. The lowest BCUT2D eigenvalue weighted by Crippen LogP contribution is -2.35. The molecule has 1 aliphatic heterocycles. The van der Waals surface area contributed by atoms with Crippen LogP contribution in [0.15, 0.2) is 18.2 Å². The molecular formula is C14H16ClNO4. The van der Waals surface area contributed by atoms with Crippen molar-refractivity contribution in [3.8, 4) is 5.75 Å². The summed E-state index contributed by atoms with van der Waals surface area (Å²) in [5.41, 5.74) is 0.324. The van der Waals surface area contributed by atoms with Gasteiger partial charge in [-0.2, -0.15) is 0 Å². The van der Waals surface area contributed by atoms with Crippen LogP contribution in [0, 0.1) is 0 Å². The Balaban J connectivity index is 1.79. The fraction of sp³-hybridized carbons (Fsp3) is 0.429. The molecule has 5 nitrogen and oxygen atoms in total. The lowest BCUT2D eigenvalue weighted by atomic mass is 10.2. The maximum absolute atomic E-state index is 11.6. The minimum atomic E-state index is -0.243. The van der Waals surface area contributed by atoms with Gasteiger partial charge in [-0.1, -0.05) is 11.6 Å². The second-order valence-electron chi connectivity index (χ2n) is 4.53. The Bertz CT molecular complexity index is 486. The number of nitrogens with one attached hydrogen (secondary N) is 1. The molecule has 1 aromatic carbocycles. The Labute approximate surface area is 122 Å². The second kappa shape index (κ2) is 7.26. The van der Waals surface area contributed by atoms with Crippen molar-refractivity contribution < 1.29 is 19.1 Å². The maximum atomic E-state index is 11.6.